The maximum absolute atomic E-state index is 13.5. The number of hydrogen-bond acceptors (Lipinski definition) is 1. The lowest BCUT2D eigenvalue weighted by molar-refractivity contribution is -0.136. The van der Waals surface area contributed by atoms with Crippen molar-refractivity contribution in [1.82, 2.24) is 0 Å². The van der Waals surface area contributed by atoms with E-state index >= 15 is 0 Å². The monoisotopic (exact) mass is 396 g/mol. The lowest BCUT2D eigenvalue weighted by Crippen LogP contribution is -2.25. The lowest BCUT2D eigenvalue weighted by atomic mass is 9.91. The summed E-state index contributed by atoms with van der Waals surface area (Å²) in [6, 6.07) is 9.97. The predicted octanol–water partition coefficient (Wildman–Crippen LogP) is 6.86. The zero-order chi connectivity index (χ0) is 20.4. The van der Waals surface area contributed by atoms with Gasteiger partial charge in [0.1, 0.15) is 5.75 Å². The molecule has 3 atom stereocenters. The Kier molecular flexibility index (Phi) is 6.63. The molecule has 3 unspecified atom stereocenters. The fraction of sp³-hybridized carbons (Fsp3) is 0.455. The number of benzene rings is 2. The highest BCUT2D eigenvalue weighted by Gasteiger charge is 2.37. The van der Waals surface area contributed by atoms with Gasteiger partial charge in [-0.3, -0.25) is 0 Å². The van der Waals surface area contributed by atoms with E-state index in [4.69, 9.17) is 0 Å². The number of aryl methyl sites for hydroxylation is 1. The van der Waals surface area contributed by atoms with Crippen molar-refractivity contribution in [3.63, 3.8) is 0 Å². The third-order valence-electron chi connectivity index (χ3n) is 5.48. The minimum Gasteiger partial charge on any atom is -0.508 e. The summed E-state index contributed by atoms with van der Waals surface area (Å²) in [6.07, 6.45) is -2.79. The zero-order valence-electron chi connectivity index (χ0n) is 16.5. The van der Waals surface area contributed by atoms with Crippen LogP contribution in [0.4, 0.5) is 13.2 Å². The molecule has 0 amide bonds. The van der Waals surface area contributed by atoms with E-state index in [-0.39, 0.29) is 14.3 Å². The van der Waals surface area contributed by atoms with Crippen LogP contribution >= 0.6 is 8.58 Å². The molecule has 0 aromatic heterocycles. The summed E-state index contributed by atoms with van der Waals surface area (Å²) >= 11 is 0. The van der Waals surface area contributed by atoms with Gasteiger partial charge in [-0.25, -0.2) is 0 Å². The Morgan fingerprint density at radius 1 is 1.07 bits per heavy atom. The molecule has 0 aliphatic carbocycles. The van der Waals surface area contributed by atoms with Gasteiger partial charge in [0, 0.05) is 10.7 Å². The van der Waals surface area contributed by atoms with Gasteiger partial charge in [0.05, 0.1) is 5.56 Å². The van der Waals surface area contributed by atoms with Gasteiger partial charge >= 0.3 is 6.18 Å². The molecule has 0 fully saturated rings. The van der Waals surface area contributed by atoms with Crippen molar-refractivity contribution in [2.75, 3.05) is 0 Å². The number of phenolic OH excluding ortho intramolecular Hbond substituents is 1. The van der Waals surface area contributed by atoms with E-state index in [1.165, 1.54) is 6.07 Å². The van der Waals surface area contributed by atoms with Crippen LogP contribution in [0, 0.1) is 6.92 Å². The second kappa shape index (κ2) is 8.22. The molecule has 2 rings (SSSR count). The first-order valence-electron chi connectivity index (χ1n) is 9.31. The van der Waals surface area contributed by atoms with Crippen LogP contribution in [0.15, 0.2) is 36.4 Å². The van der Waals surface area contributed by atoms with Crippen molar-refractivity contribution in [1.29, 1.82) is 0 Å². The van der Waals surface area contributed by atoms with Crippen molar-refractivity contribution >= 4 is 13.9 Å². The normalized spacial score (nSPS) is 15.9. The van der Waals surface area contributed by atoms with Crippen LogP contribution in [0.3, 0.4) is 0 Å². The van der Waals surface area contributed by atoms with Gasteiger partial charge in [-0.15, -0.1) is 0 Å². The molecular weight excluding hydrogens is 368 g/mol. The molecule has 0 radical (unpaired) electrons. The highest BCUT2D eigenvalue weighted by Crippen LogP contribution is 2.49. The highest BCUT2D eigenvalue weighted by molar-refractivity contribution is 7.48. The minimum atomic E-state index is -4.38. The summed E-state index contributed by atoms with van der Waals surface area (Å²) in [4.78, 5) is 0. The molecule has 5 heteroatoms. The summed E-state index contributed by atoms with van der Waals surface area (Å²) in [6.45, 7) is 9.80. The van der Waals surface area contributed by atoms with Gasteiger partial charge in [0.2, 0.25) is 0 Å². The summed E-state index contributed by atoms with van der Waals surface area (Å²) in [7, 11) is -0.0948. The zero-order valence-corrected chi connectivity index (χ0v) is 17.5. The van der Waals surface area contributed by atoms with Gasteiger partial charge in [-0.05, 0) is 54.2 Å². The van der Waals surface area contributed by atoms with E-state index in [2.05, 4.69) is 13.8 Å². The quantitative estimate of drug-likeness (QED) is 0.529. The topological polar surface area (TPSA) is 20.2 Å². The number of hydrogen-bond donors (Lipinski definition) is 1. The second-order valence-corrected chi connectivity index (χ2v) is 9.25. The Morgan fingerprint density at radius 3 is 2.26 bits per heavy atom. The largest absolute Gasteiger partial charge is 0.508 e. The lowest BCUT2D eigenvalue weighted by Gasteiger charge is -2.32. The van der Waals surface area contributed by atoms with Gasteiger partial charge in [-0.1, -0.05) is 60.5 Å². The maximum Gasteiger partial charge on any atom is 0.417 e. The molecule has 0 aliphatic heterocycles. The first-order chi connectivity index (χ1) is 12.5. The van der Waals surface area contributed by atoms with Crippen LogP contribution in [0.25, 0.3) is 0 Å². The predicted molar refractivity (Wildman–Crippen MR) is 109 cm³/mol. The van der Waals surface area contributed by atoms with Crippen molar-refractivity contribution < 1.29 is 18.3 Å². The van der Waals surface area contributed by atoms with Crippen LogP contribution in [0.1, 0.15) is 68.7 Å². The molecule has 0 aliphatic rings. The number of alkyl halides is 3. The van der Waals surface area contributed by atoms with Gasteiger partial charge in [-0.2, -0.15) is 13.2 Å². The van der Waals surface area contributed by atoms with Crippen molar-refractivity contribution in [3.05, 3.63) is 58.7 Å². The molecule has 148 valence electrons. The Morgan fingerprint density at radius 2 is 1.74 bits per heavy atom. The average Bonchev–Trinajstić information content (AvgIpc) is 2.61. The van der Waals surface area contributed by atoms with Crippen LogP contribution in [0.2, 0.25) is 0 Å². The summed E-state index contributed by atoms with van der Waals surface area (Å²) in [5.74, 6) is 0.500. The Bertz CT molecular complexity index is 801. The van der Waals surface area contributed by atoms with Crippen molar-refractivity contribution in [2.24, 2.45) is 0 Å². The second-order valence-electron chi connectivity index (χ2n) is 7.39. The van der Waals surface area contributed by atoms with Crippen LogP contribution in [-0.2, 0) is 11.3 Å². The molecule has 0 saturated heterocycles. The van der Waals surface area contributed by atoms with Crippen LogP contribution in [-0.4, -0.2) is 5.11 Å². The Hall–Kier alpha value is -1.54. The maximum atomic E-state index is 13.5. The number of phenols is 1. The first kappa shape index (κ1) is 21.8. The minimum absolute atomic E-state index is 0.0948. The average molecular weight is 396 g/mol. The molecule has 2 aromatic carbocycles. The van der Waals surface area contributed by atoms with Gasteiger partial charge in [0.15, 0.2) is 0 Å². The molecule has 2 aromatic rings. The van der Waals surface area contributed by atoms with Gasteiger partial charge in [0.25, 0.3) is 0 Å². The van der Waals surface area contributed by atoms with Crippen LogP contribution in [0.5, 0.6) is 5.75 Å². The molecule has 0 bridgehead atoms. The SMILES string of the molecule is CCC(C)c1ccc(C(C)(CC)Pc2c(C)cccc2C(F)(F)F)c(O)c1. The van der Waals surface area contributed by atoms with E-state index in [0.29, 0.717) is 28.8 Å². The van der Waals surface area contributed by atoms with Crippen molar-refractivity contribution in [2.45, 2.75) is 64.7 Å². The third-order valence-corrected chi connectivity index (χ3v) is 7.57. The van der Waals surface area contributed by atoms with E-state index in [1.54, 1.807) is 19.1 Å². The van der Waals surface area contributed by atoms with E-state index in [1.807, 2.05) is 26.0 Å². The van der Waals surface area contributed by atoms with Crippen LogP contribution < -0.4 is 5.30 Å². The van der Waals surface area contributed by atoms with Crippen molar-refractivity contribution in [3.8, 4) is 5.75 Å². The molecule has 0 heterocycles. The van der Waals surface area contributed by atoms with E-state index < -0.39 is 16.9 Å². The molecule has 0 spiro atoms. The summed E-state index contributed by atoms with van der Waals surface area (Å²) < 4.78 is 40.6. The molecule has 0 saturated carbocycles. The van der Waals surface area contributed by atoms with E-state index in [0.717, 1.165) is 18.1 Å². The van der Waals surface area contributed by atoms with Gasteiger partial charge < -0.3 is 5.11 Å². The standard InChI is InChI=1S/C22H28F3OP/c1-6-14(3)16-11-12-17(19(26)13-16)21(5,7-2)27-20-15(4)9-8-10-18(20)22(23,24)25/h8-14,26-27H,6-7H2,1-5H3. The number of aromatic hydroxyl groups is 1. The fourth-order valence-electron chi connectivity index (χ4n) is 3.25. The molecular formula is C22H28F3OP. The summed E-state index contributed by atoms with van der Waals surface area (Å²) in [5.41, 5.74) is 1.83. The third kappa shape index (κ3) is 4.66. The number of halogens is 3. The Labute approximate surface area is 161 Å². The highest BCUT2D eigenvalue weighted by atomic mass is 31.1. The number of rotatable bonds is 6. The summed E-state index contributed by atoms with van der Waals surface area (Å²) in [5, 5.41) is 10.4. The molecule has 1 N–H and O–H groups in total. The Balaban J connectivity index is 2.51. The van der Waals surface area contributed by atoms with E-state index in [9.17, 15) is 18.3 Å². The molecule has 27 heavy (non-hydrogen) atoms. The molecule has 1 nitrogen and oxygen atoms in total. The smallest absolute Gasteiger partial charge is 0.417 e. The first-order valence-corrected chi connectivity index (χ1v) is 10.3. The fourth-order valence-corrected chi connectivity index (χ4v) is 4.96.